The molecule has 0 aromatic carbocycles. The summed E-state index contributed by atoms with van der Waals surface area (Å²) in [6.07, 6.45) is 3.57. The molecule has 0 aliphatic carbocycles. The van der Waals surface area contributed by atoms with Gasteiger partial charge in [-0.05, 0) is 11.7 Å². The number of hydrogen-bond donors (Lipinski definition) is 0. The van der Waals surface area contributed by atoms with E-state index in [0.717, 1.165) is 11.2 Å². The second kappa shape index (κ2) is 8.03. The lowest BCUT2D eigenvalue weighted by Crippen LogP contribution is -3.00. The first kappa shape index (κ1) is 16.8. The third-order valence-corrected chi connectivity index (χ3v) is 5.26. The third kappa shape index (κ3) is 5.00. The quantitative estimate of drug-likeness (QED) is 0.524. The molecule has 0 amide bonds. The van der Waals surface area contributed by atoms with Gasteiger partial charge in [0, 0.05) is 22.0 Å². The van der Waals surface area contributed by atoms with Gasteiger partial charge in [0.2, 0.25) is 0 Å². The molecule has 0 spiro atoms. The molecule has 1 unspecified atom stereocenters. The van der Waals surface area contributed by atoms with Gasteiger partial charge in [-0.15, -0.1) is 23.5 Å². The van der Waals surface area contributed by atoms with E-state index in [2.05, 4.69) is 57.3 Å². The van der Waals surface area contributed by atoms with E-state index in [0.29, 0.717) is 0 Å². The van der Waals surface area contributed by atoms with E-state index < -0.39 is 0 Å². The van der Waals surface area contributed by atoms with Crippen LogP contribution >= 0.6 is 23.5 Å². The number of halogens is 1. The minimum absolute atomic E-state index is 0. The second-order valence-electron chi connectivity index (χ2n) is 4.39. The van der Waals surface area contributed by atoms with Crippen molar-refractivity contribution in [3.63, 3.8) is 0 Å². The van der Waals surface area contributed by atoms with Crippen LogP contribution in [0.4, 0.5) is 0 Å². The SMILES string of the molecule is CCSC1=CC(=[N+](C)C)CC(C(C)C)S1.[I-]. The molecule has 0 bridgehead atoms. The van der Waals surface area contributed by atoms with E-state index in [1.54, 1.807) is 0 Å². The first-order valence-electron chi connectivity index (χ1n) is 5.58. The van der Waals surface area contributed by atoms with Crippen LogP contribution in [0.5, 0.6) is 0 Å². The van der Waals surface area contributed by atoms with Gasteiger partial charge in [0.05, 0.1) is 0 Å². The first-order valence-corrected chi connectivity index (χ1v) is 7.45. The summed E-state index contributed by atoms with van der Waals surface area (Å²) in [5, 5.41) is 0.751. The monoisotopic (exact) mass is 371 g/mol. The van der Waals surface area contributed by atoms with Crippen LogP contribution in [0.3, 0.4) is 0 Å². The summed E-state index contributed by atoms with van der Waals surface area (Å²) in [7, 11) is 4.29. The van der Waals surface area contributed by atoms with Crippen LogP contribution in [0.25, 0.3) is 0 Å². The van der Waals surface area contributed by atoms with E-state index in [4.69, 9.17) is 0 Å². The van der Waals surface area contributed by atoms with Gasteiger partial charge in [0.15, 0.2) is 5.71 Å². The van der Waals surface area contributed by atoms with Crippen LogP contribution < -0.4 is 24.0 Å². The Balaban J connectivity index is 0.00000225. The molecule has 1 heterocycles. The molecule has 1 nitrogen and oxygen atoms in total. The van der Waals surface area contributed by atoms with Gasteiger partial charge in [-0.1, -0.05) is 20.8 Å². The zero-order valence-electron chi connectivity index (χ0n) is 10.8. The van der Waals surface area contributed by atoms with E-state index >= 15 is 0 Å². The Hall–Kier alpha value is 0.840. The smallest absolute Gasteiger partial charge is 0.178 e. The minimum atomic E-state index is 0. The average molecular weight is 371 g/mol. The lowest BCUT2D eigenvalue weighted by atomic mass is 10.0. The van der Waals surface area contributed by atoms with Crippen molar-refractivity contribution >= 4 is 29.2 Å². The van der Waals surface area contributed by atoms with Crippen LogP contribution in [-0.4, -0.2) is 35.4 Å². The van der Waals surface area contributed by atoms with Gasteiger partial charge in [0.25, 0.3) is 0 Å². The zero-order valence-corrected chi connectivity index (χ0v) is 14.6. The van der Waals surface area contributed by atoms with Gasteiger partial charge in [-0.3, -0.25) is 0 Å². The van der Waals surface area contributed by atoms with Gasteiger partial charge in [0.1, 0.15) is 14.1 Å². The summed E-state index contributed by atoms with van der Waals surface area (Å²) in [6, 6.07) is 0. The Morgan fingerprint density at radius 3 is 2.56 bits per heavy atom. The molecule has 1 rings (SSSR count). The fourth-order valence-corrected chi connectivity index (χ4v) is 4.06. The van der Waals surface area contributed by atoms with Crippen molar-refractivity contribution in [2.75, 3.05) is 19.8 Å². The molecule has 1 aliphatic heterocycles. The molecule has 1 atom stereocenters. The standard InChI is InChI=1S/C12H22NS2.HI/c1-6-14-12-8-10(13(4)5)7-11(15-12)9(2)3;/h8-9,11H,6-7H2,1-5H3;1H/q+1;/p-1. The third-order valence-electron chi connectivity index (χ3n) is 2.57. The van der Waals surface area contributed by atoms with Gasteiger partial charge >= 0.3 is 0 Å². The first-order chi connectivity index (χ1) is 7.04. The Bertz CT molecular complexity index is 281. The summed E-state index contributed by atoms with van der Waals surface area (Å²) < 4.78 is 3.75. The van der Waals surface area contributed by atoms with Crippen molar-refractivity contribution in [2.45, 2.75) is 32.4 Å². The zero-order chi connectivity index (χ0) is 11.4. The Kier molecular flexibility index (Phi) is 8.45. The molecule has 94 valence electrons. The second-order valence-corrected chi connectivity index (χ2v) is 7.23. The highest BCUT2D eigenvalue weighted by atomic mass is 127. The number of rotatable bonds is 3. The lowest BCUT2D eigenvalue weighted by Gasteiger charge is -2.24. The van der Waals surface area contributed by atoms with Gasteiger partial charge in [-0.2, -0.15) is 0 Å². The highest BCUT2D eigenvalue weighted by Crippen LogP contribution is 2.39. The van der Waals surface area contributed by atoms with Gasteiger partial charge < -0.3 is 24.0 Å². The van der Waals surface area contributed by atoms with Crippen molar-refractivity contribution in [3.8, 4) is 0 Å². The van der Waals surface area contributed by atoms with Crippen molar-refractivity contribution in [1.29, 1.82) is 0 Å². The Morgan fingerprint density at radius 2 is 2.12 bits per heavy atom. The number of allylic oxidation sites excluding steroid dienone is 1. The van der Waals surface area contributed by atoms with Crippen LogP contribution in [0.1, 0.15) is 27.2 Å². The minimum Gasteiger partial charge on any atom is -1.00 e. The van der Waals surface area contributed by atoms with E-state index in [9.17, 15) is 0 Å². The molecule has 16 heavy (non-hydrogen) atoms. The van der Waals surface area contributed by atoms with Crippen LogP contribution in [0.15, 0.2) is 10.3 Å². The predicted octanol–water partition coefficient (Wildman–Crippen LogP) is 0.460. The van der Waals surface area contributed by atoms with E-state index in [1.165, 1.54) is 22.1 Å². The normalized spacial score (nSPS) is 20.5. The molecule has 0 N–H and O–H groups in total. The van der Waals surface area contributed by atoms with Crippen molar-refractivity contribution in [1.82, 2.24) is 0 Å². The Labute approximate surface area is 126 Å². The molecule has 0 aromatic rings. The largest absolute Gasteiger partial charge is 1.00 e. The summed E-state index contributed by atoms with van der Waals surface area (Å²) >= 11 is 4.03. The highest BCUT2D eigenvalue weighted by molar-refractivity contribution is 8.22. The summed E-state index contributed by atoms with van der Waals surface area (Å²) in [5.41, 5.74) is 1.48. The molecular weight excluding hydrogens is 349 g/mol. The lowest BCUT2D eigenvalue weighted by molar-refractivity contribution is -0.464. The maximum atomic E-state index is 2.36. The summed E-state index contributed by atoms with van der Waals surface area (Å²) in [5.74, 6) is 1.93. The molecule has 1 aliphatic rings. The molecular formula is C12H22INS2. The summed E-state index contributed by atoms with van der Waals surface area (Å²) in [6.45, 7) is 6.87. The van der Waals surface area contributed by atoms with Crippen molar-refractivity contribution in [3.05, 3.63) is 10.3 Å². The molecule has 4 heteroatoms. The maximum Gasteiger partial charge on any atom is 0.178 e. The number of nitrogens with zero attached hydrogens (tertiary/aromatic N) is 1. The molecule has 0 aromatic heterocycles. The topological polar surface area (TPSA) is 3.01 Å². The summed E-state index contributed by atoms with van der Waals surface area (Å²) in [4.78, 5) is 0. The Morgan fingerprint density at radius 1 is 1.50 bits per heavy atom. The number of hydrogen-bond acceptors (Lipinski definition) is 2. The van der Waals surface area contributed by atoms with Crippen molar-refractivity contribution in [2.24, 2.45) is 5.92 Å². The molecule has 0 fully saturated rings. The van der Waals surface area contributed by atoms with Crippen molar-refractivity contribution < 1.29 is 28.6 Å². The maximum absolute atomic E-state index is 2.36. The fraction of sp³-hybridized carbons (Fsp3) is 0.750. The van der Waals surface area contributed by atoms with Crippen LogP contribution in [0, 0.1) is 5.92 Å². The molecule has 0 saturated heterocycles. The molecule has 0 saturated carbocycles. The van der Waals surface area contributed by atoms with Crippen LogP contribution in [-0.2, 0) is 0 Å². The average Bonchev–Trinajstić information content (AvgIpc) is 2.17. The number of thioether (sulfide) groups is 2. The van der Waals surface area contributed by atoms with E-state index in [-0.39, 0.29) is 24.0 Å². The highest BCUT2D eigenvalue weighted by Gasteiger charge is 2.26. The molecule has 0 radical (unpaired) electrons. The predicted molar refractivity (Wildman–Crippen MR) is 74.2 cm³/mol. The van der Waals surface area contributed by atoms with Crippen LogP contribution in [0.2, 0.25) is 0 Å². The van der Waals surface area contributed by atoms with Gasteiger partial charge in [-0.25, -0.2) is 4.58 Å². The van der Waals surface area contributed by atoms with E-state index in [1.807, 2.05) is 11.8 Å². The fourth-order valence-electron chi connectivity index (χ4n) is 1.53.